The maximum Gasteiger partial charge on any atom is 0.245 e. The van der Waals surface area contributed by atoms with E-state index in [1.165, 1.54) is 31.2 Å². The van der Waals surface area contributed by atoms with Gasteiger partial charge in [0.15, 0.2) is 5.96 Å². The van der Waals surface area contributed by atoms with Crippen LogP contribution in [0.5, 0.6) is 5.75 Å². The monoisotopic (exact) mass is 1470 g/mol. The van der Waals surface area contributed by atoms with E-state index in [1.54, 1.807) is 70.3 Å². The number of H-pyrrole nitrogens is 1. The van der Waals surface area contributed by atoms with E-state index in [0.717, 1.165) is 10.9 Å². The number of hydrogen-bond donors (Lipinski definition) is 21. The minimum absolute atomic E-state index is 0.0258. The van der Waals surface area contributed by atoms with E-state index in [2.05, 4.69) is 63.1 Å². The average Bonchev–Trinajstić information content (AvgIpc) is 1.30. The van der Waals surface area contributed by atoms with Crippen LogP contribution in [0.25, 0.3) is 10.9 Å². The van der Waals surface area contributed by atoms with Crippen molar-refractivity contribution in [3.8, 4) is 5.75 Å². The third-order valence-electron chi connectivity index (χ3n) is 17.1. The lowest BCUT2D eigenvalue weighted by Crippen LogP contribution is -2.62. The average molecular weight is 1470 g/mol. The molecule has 1 heterocycles. The first-order valence-electron chi connectivity index (χ1n) is 34.9. The van der Waals surface area contributed by atoms with Crippen LogP contribution in [-0.4, -0.2) is 190 Å². The van der Waals surface area contributed by atoms with Gasteiger partial charge in [-0.1, -0.05) is 88.4 Å². The highest BCUT2D eigenvalue weighted by atomic mass is 16.3. The van der Waals surface area contributed by atoms with Crippen molar-refractivity contribution in [2.75, 3.05) is 19.6 Å². The van der Waals surface area contributed by atoms with Crippen molar-refractivity contribution in [2.45, 2.75) is 197 Å². The molecule has 29 N–H and O–H groups in total. The molecule has 4 rings (SSSR count). The maximum atomic E-state index is 14.5. The Balaban J connectivity index is 1.49. The number of aliphatic imine (C=N–C) groups is 1. The van der Waals surface area contributed by atoms with Crippen LogP contribution in [0.1, 0.15) is 122 Å². The predicted octanol–water partition coefficient (Wildman–Crippen LogP) is -4.29. The van der Waals surface area contributed by atoms with Crippen LogP contribution >= 0.6 is 0 Å². The molecule has 4 aromatic rings. The molecule has 0 unspecified atom stereocenters. The lowest BCUT2D eigenvalue weighted by molar-refractivity contribution is -0.137. The Morgan fingerprint density at radius 1 is 0.448 bits per heavy atom. The van der Waals surface area contributed by atoms with Gasteiger partial charge < -0.3 is 114 Å². The fourth-order valence-corrected chi connectivity index (χ4v) is 11.0. The van der Waals surface area contributed by atoms with Crippen LogP contribution in [0.2, 0.25) is 0 Å². The van der Waals surface area contributed by atoms with E-state index >= 15 is 0 Å². The number of primary amides is 3. The number of guanidine groups is 1. The number of nitrogens with two attached hydrogens (primary N) is 8. The lowest BCUT2D eigenvalue weighted by atomic mass is 10.00. The number of unbranched alkanes of at least 4 members (excludes halogenated alkanes) is 1. The summed E-state index contributed by atoms with van der Waals surface area (Å²) in [4.78, 5) is 184. The van der Waals surface area contributed by atoms with Crippen LogP contribution in [0.4, 0.5) is 0 Å². The number of fused-ring (bicyclic) bond motifs is 1. The molecule has 1 aromatic heterocycles. The summed E-state index contributed by atoms with van der Waals surface area (Å²) >= 11 is 0. The van der Waals surface area contributed by atoms with E-state index in [9.17, 15) is 72.5 Å². The minimum Gasteiger partial charge on any atom is -0.508 e. The third-order valence-corrected chi connectivity index (χ3v) is 17.1. The first-order valence-corrected chi connectivity index (χ1v) is 34.9. The zero-order valence-corrected chi connectivity index (χ0v) is 60.0. The summed E-state index contributed by atoms with van der Waals surface area (Å²) in [5, 5.41) is 47.9. The SMILES string of the molecule is CC(C)[C@H](NC(=O)[C@H](Cc1ccc(O)cc1)NC(=O)[C@H](CCC(N)=O)NC(=O)[C@H](Cc1c[nH]c2ccccc12)NC(=O)[C@@H](N)CCCN=C(N)N)C(=O)NCCC[C@H](N)C(=O)N[C@@H](CCCCN)C(=O)N[C@@H](Cc1ccccc1)C(=O)N[C@H](C(=O)N[C@H](C(=O)N[C@@H](CCC(N)=O)C(N)=O)C(C)C)[C@@H](C)O. The Bertz CT molecular complexity index is 3610. The molecule has 35 nitrogen and oxygen atoms in total. The summed E-state index contributed by atoms with van der Waals surface area (Å²) in [6.45, 7) is 7.99. The van der Waals surface area contributed by atoms with Gasteiger partial charge in [0.2, 0.25) is 76.8 Å². The van der Waals surface area contributed by atoms with Gasteiger partial charge in [0.1, 0.15) is 60.1 Å². The molecule has 3 aromatic carbocycles. The lowest BCUT2D eigenvalue weighted by Gasteiger charge is -2.29. The number of aromatic hydroxyl groups is 1. The summed E-state index contributed by atoms with van der Waals surface area (Å²) in [6, 6.07) is 6.25. The molecule has 0 spiro atoms. The van der Waals surface area contributed by atoms with Crippen molar-refractivity contribution in [1.29, 1.82) is 0 Å². The number of para-hydroxylation sites is 1. The largest absolute Gasteiger partial charge is 0.508 e. The smallest absolute Gasteiger partial charge is 0.245 e. The van der Waals surface area contributed by atoms with Crippen LogP contribution < -0.4 is 99.0 Å². The first kappa shape index (κ1) is 86.6. The number of aliphatic hydroxyl groups is 1. The molecule has 0 aliphatic carbocycles. The van der Waals surface area contributed by atoms with Gasteiger partial charge in [-0.15, -0.1) is 0 Å². The number of carbonyl (C=O) groups is 13. The van der Waals surface area contributed by atoms with Crippen molar-refractivity contribution >= 4 is 93.7 Å². The number of benzene rings is 3. The van der Waals surface area contributed by atoms with E-state index in [1.807, 2.05) is 18.2 Å². The molecule has 0 bridgehead atoms. The number of rotatable bonds is 47. The van der Waals surface area contributed by atoms with E-state index in [4.69, 9.17) is 45.9 Å². The summed E-state index contributed by atoms with van der Waals surface area (Å²) < 4.78 is 0. The second-order valence-electron chi connectivity index (χ2n) is 26.5. The Morgan fingerprint density at radius 3 is 1.43 bits per heavy atom. The highest BCUT2D eigenvalue weighted by Crippen LogP contribution is 2.21. The normalized spacial score (nSPS) is 14.7. The molecule has 0 saturated heterocycles. The van der Waals surface area contributed by atoms with Gasteiger partial charge in [0.25, 0.3) is 0 Å². The minimum atomic E-state index is -1.72. The van der Waals surface area contributed by atoms with Crippen LogP contribution in [0, 0.1) is 11.8 Å². The van der Waals surface area contributed by atoms with Crippen LogP contribution in [0.3, 0.4) is 0 Å². The topological polar surface area (TPSA) is 619 Å². The number of phenols is 1. The molecule has 0 radical (unpaired) electrons. The van der Waals surface area contributed by atoms with E-state index < -0.39 is 168 Å². The quantitative estimate of drug-likeness (QED) is 0.0113. The van der Waals surface area contributed by atoms with E-state index in [-0.39, 0.29) is 95.6 Å². The number of phenolic OH excluding ortho intramolecular Hbond substituents is 1. The van der Waals surface area contributed by atoms with Gasteiger partial charge in [-0.3, -0.25) is 67.3 Å². The molecule has 13 amide bonds. The van der Waals surface area contributed by atoms with Crippen molar-refractivity contribution in [1.82, 2.24) is 58.2 Å². The second kappa shape index (κ2) is 44.0. The van der Waals surface area contributed by atoms with Crippen molar-refractivity contribution in [3.05, 3.63) is 102 Å². The number of amides is 13. The summed E-state index contributed by atoms with van der Waals surface area (Å²) in [6.07, 6.45) is -0.387. The molecule has 35 heteroatoms. The van der Waals surface area contributed by atoms with Gasteiger partial charge in [-0.25, -0.2) is 0 Å². The molecule has 105 heavy (non-hydrogen) atoms. The van der Waals surface area contributed by atoms with Gasteiger partial charge in [0.05, 0.1) is 18.2 Å². The molecular formula is C70H106N20O15. The molecule has 576 valence electrons. The first-order chi connectivity index (χ1) is 49.7. The van der Waals surface area contributed by atoms with Gasteiger partial charge in [0, 0.05) is 62.3 Å². The number of aromatic nitrogens is 1. The number of hydrogen-bond acceptors (Lipinski definition) is 19. The Labute approximate surface area is 608 Å². The van der Waals surface area contributed by atoms with Crippen molar-refractivity contribution < 1.29 is 72.5 Å². The van der Waals surface area contributed by atoms with E-state index in [0.29, 0.717) is 36.0 Å². The van der Waals surface area contributed by atoms with Crippen LogP contribution in [0.15, 0.2) is 90.1 Å². The zero-order chi connectivity index (χ0) is 78.0. The van der Waals surface area contributed by atoms with Crippen molar-refractivity contribution in [2.24, 2.45) is 62.7 Å². The maximum absolute atomic E-state index is 14.5. The molecule has 0 saturated carbocycles. The summed E-state index contributed by atoms with van der Waals surface area (Å²) in [7, 11) is 0. The summed E-state index contributed by atoms with van der Waals surface area (Å²) in [5.41, 5.74) is 47.9. The zero-order valence-electron chi connectivity index (χ0n) is 60.0. The highest BCUT2D eigenvalue weighted by Gasteiger charge is 2.38. The third kappa shape index (κ3) is 30.2. The number of nitrogens with zero attached hydrogens (tertiary/aromatic N) is 1. The number of aromatic amines is 1. The number of carbonyl (C=O) groups excluding carboxylic acids is 13. The molecule has 0 fully saturated rings. The number of aliphatic hydroxyl groups excluding tert-OH is 1. The number of nitrogens with one attached hydrogen (secondary N) is 11. The van der Waals surface area contributed by atoms with Crippen LogP contribution in [-0.2, 0) is 81.6 Å². The Kier molecular flexibility index (Phi) is 36.3. The molecule has 0 aliphatic heterocycles. The predicted molar refractivity (Wildman–Crippen MR) is 390 cm³/mol. The second-order valence-corrected chi connectivity index (χ2v) is 26.5. The Hall–Kier alpha value is -10.8. The molecule has 0 aliphatic rings. The van der Waals surface area contributed by atoms with Crippen molar-refractivity contribution in [3.63, 3.8) is 0 Å². The highest BCUT2D eigenvalue weighted by molar-refractivity contribution is 5.99. The van der Waals surface area contributed by atoms with Gasteiger partial charge >= 0.3 is 0 Å². The summed E-state index contributed by atoms with van der Waals surface area (Å²) in [5.74, 6) is -12.5. The molecular weight excluding hydrogens is 1360 g/mol. The Morgan fingerprint density at radius 2 is 0.886 bits per heavy atom. The fraction of sp³-hybridized carbons (Fsp3) is 0.514. The van der Waals surface area contributed by atoms with Gasteiger partial charge in [-0.2, -0.15) is 0 Å². The fourth-order valence-electron chi connectivity index (χ4n) is 11.0. The standard InChI is InChI=1S/C70H106N20O15/c1-37(2)56(88-65(101)52(34-41-22-24-43(92)25-23-41)87-63(99)50(27-29-55(75)94)84-64(100)53(35-42-36-81-47-20-10-9-17-44(42)47)85-61(97)46(73)19-14-32-80-70(77)78)67(103)79-31-13-18-45(72)60(96)83-49(21-11-12-30-71)62(98)86-51(33-40-15-7-6-8-16-40)66(102)90-58(39(5)91)69(105)89-57(38(3)4)68(104)82-48(59(76)95)26-28-54(74)93/h6-10,15-17,20,22-25,36-39,45-46,48-53,56-58,81,91-92H,11-14,18-19,21,26-35,71-73H2,1-5H3,(H2,74,93)(H2,75,94)(H2,76,95)(H,79,103)(H,82,104)(H,83,96)(H,84,100)(H,85,97)(H,86,98)(H,87,99)(H,88,101)(H,89,105)(H,90,102)(H4,77,78,80)/t39-,45+,46+,48+,49+,50+,51+,52+,53+,56+,57+,58+/m1/s1. The molecule has 12 atom stereocenters. The van der Waals surface area contributed by atoms with Gasteiger partial charge in [-0.05, 0) is 118 Å².